The molecule has 8 heteroatoms. The number of aromatic nitrogens is 1. The number of amides is 3. The first-order valence-electron chi connectivity index (χ1n) is 9.84. The Kier molecular flexibility index (Phi) is 6.98. The molecule has 3 rings (SSSR count). The maximum absolute atomic E-state index is 13.1. The number of unbranched alkanes of at least 4 members (excludes halogenated alkanes) is 1. The standard InChI is InChI=1S/C21H26N4O3S/c1-3-4-10-24-11-12-25(21(28)20(24)27)18(16-8-6-5-7-9-16)19(26)22-13-17-23-15(2)14-29-17/h5-9,14,18H,3-4,10-13H2,1-2H3,(H,22,26). The van der Waals surface area contributed by atoms with Crippen molar-refractivity contribution in [1.29, 1.82) is 0 Å². The first-order chi connectivity index (χ1) is 14.0. The van der Waals surface area contributed by atoms with E-state index in [0.717, 1.165) is 23.5 Å². The molecule has 1 aliphatic heterocycles. The van der Waals surface area contributed by atoms with Gasteiger partial charge in [0.05, 0.1) is 6.54 Å². The number of benzene rings is 1. The van der Waals surface area contributed by atoms with Crippen LogP contribution in [0.3, 0.4) is 0 Å². The Bertz CT molecular complexity index is 868. The van der Waals surface area contributed by atoms with Crippen molar-refractivity contribution in [3.05, 3.63) is 52.0 Å². The largest absolute Gasteiger partial charge is 0.347 e. The van der Waals surface area contributed by atoms with E-state index < -0.39 is 17.9 Å². The van der Waals surface area contributed by atoms with Crippen molar-refractivity contribution < 1.29 is 14.4 Å². The van der Waals surface area contributed by atoms with Crippen LogP contribution in [0.1, 0.15) is 42.1 Å². The number of hydrogen-bond donors (Lipinski definition) is 1. The number of rotatable bonds is 8. The van der Waals surface area contributed by atoms with Gasteiger partial charge in [-0.3, -0.25) is 14.4 Å². The van der Waals surface area contributed by atoms with E-state index >= 15 is 0 Å². The van der Waals surface area contributed by atoms with Crippen molar-refractivity contribution in [3.63, 3.8) is 0 Å². The molecule has 2 aromatic rings. The molecular formula is C21H26N4O3S. The molecule has 7 nitrogen and oxygen atoms in total. The topological polar surface area (TPSA) is 82.6 Å². The van der Waals surface area contributed by atoms with E-state index in [1.165, 1.54) is 16.2 Å². The fraction of sp³-hybridized carbons (Fsp3) is 0.429. The number of hydrogen-bond acceptors (Lipinski definition) is 5. The predicted octanol–water partition coefficient (Wildman–Crippen LogP) is 2.28. The van der Waals surface area contributed by atoms with Crippen LogP contribution in [-0.2, 0) is 20.9 Å². The second-order valence-corrected chi connectivity index (χ2v) is 8.00. The van der Waals surface area contributed by atoms with Gasteiger partial charge in [0.15, 0.2) is 0 Å². The van der Waals surface area contributed by atoms with Gasteiger partial charge in [0.2, 0.25) is 5.91 Å². The molecule has 1 fully saturated rings. The predicted molar refractivity (Wildman–Crippen MR) is 111 cm³/mol. The zero-order valence-electron chi connectivity index (χ0n) is 16.8. The van der Waals surface area contributed by atoms with E-state index in [4.69, 9.17) is 0 Å². The molecule has 1 aromatic heterocycles. The van der Waals surface area contributed by atoms with Crippen LogP contribution in [0.15, 0.2) is 35.7 Å². The summed E-state index contributed by atoms with van der Waals surface area (Å²) in [5.74, 6) is -1.47. The summed E-state index contributed by atoms with van der Waals surface area (Å²) in [7, 11) is 0. The number of piperazine rings is 1. The number of nitrogens with zero attached hydrogens (tertiary/aromatic N) is 3. The third-order valence-corrected chi connectivity index (χ3v) is 5.85. The summed E-state index contributed by atoms with van der Waals surface area (Å²) in [6.07, 6.45) is 1.81. The second-order valence-electron chi connectivity index (χ2n) is 7.06. The molecule has 0 saturated carbocycles. The smallest absolute Gasteiger partial charge is 0.313 e. The van der Waals surface area contributed by atoms with Crippen molar-refractivity contribution in [3.8, 4) is 0 Å². The Labute approximate surface area is 174 Å². The molecule has 3 amide bonds. The van der Waals surface area contributed by atoms with Crippen molar-refractivity contribution in [2.75, 3.05) is 19.6 Å². The fourth-order valence-corrected chi connectivity index (χ4v) is 4.06. The van der Waals surface area contributed by atoms with Crippen molar-refractivity contribution in [2.45, 2.75) is 39.3 Å². The summed E-state index contributed by atoms with van der Waals surface area (Å²) in [5, 5.41) is 5.60. The zero-order chi connectivity index (χ0) is 20.8. The number of aryl methyl sites for hydroxylation is 1. The normalized spacial score (nSPS) is 15.5. The van der Waals surface area contributed by atoms with E-state index in [1.54, 1.807) is 17.0 Å². The summed E-state index contributed by atoms with van der Waals surface area (Å²) >= 11 is 1.48. The van der Waals surface area contributed by atoms with E-state index in [0.29, 0.717) is 31.7 Å². The van der Waals surface area contributed by atoms with Crippen LogP contribution in [0.25, 0.3) is 0 Å². The van der Waals surface area contributed by atoms with Gasteiger partial charge in [-0.1, -0.05) is 43.7 Å². The van der Waals surface area contributed by atoms with Crippen molar-refractivity contribution in [2.24, 2.45) is 0 Å². The lowest BCUT2D eigenvalue weighted by molar-refractivity contribution is -0.159. The molecule has 2 heterocycles. The number of thiazole rings is 1. The van der Waals surface area contributed by atoms with Gasteiger partial charge in [-0.2, -0.15) is 0 Å². The number of nitrogens with one attached hydrogen (secondary N) is 1. The molecule has 1 aromatic carbocycles. The SMILES string of the molecule is CCCCN1CCN(C(C(=O)NCc2nc(C)cs2)c2ccccc2)C(=O)C1=O. The molecular weight excluding hydrogens is 388 g/mol. The lowest BCUT2D eigenvalue weighted by Gasteiger charge is -2.38. The second kappa shape index (κ2) is 9.65. The highest BCUT2D eigenvalue weighted by molar-refractivity contribution is 7.09. The maximum atomic E-state index is 13.1. The Morgan fingerprint density at radius 1 is 1.21 bits per heavy atom. The molecule has 1 atom stereocenters. The third kappa shape index (κ3) is 5.00. The highest BCUT2D eigenvalue weighted by Gasteiger charge is 2.39. The van der Waals surface area contributed by atoms with E-state index in [2.05, 4.69) is 10.3 Å². The van der Waals surface area contributed by atoms with Gasteiger partial charge in [-0.05, 0) is 18.9 Å². The zero-order valence-corrected chi connectivity index (χ0v) is 17.6. The van der Waals surface area contributed by atoms with Gasteiger partial charge in [-0.15, -0.1) is 11.3 Å². The van der Waals surface area contributed by atoms with Gasteiger partial charge >= 0.3 is 11.8 Å². The summed E-state index contributed by atoms with van der Waals surface area (Å²) in [4.78, 5) is 45.8. The van der Waals surface area contributed by atoms with Crippen LogP contribution < -0.4 is 5.32 Å². The number of carbonyl (C=O) groups excluding carboxylic acids is 3. The molecule has 0 aliphatic carbocycles. The number of carbonyl (C=O) groups is 3. The van der Waals surface area contributed by atoms with Crippen LogP contribution in [0.5, 0.6) is 0 Å². The lowest BCUT2D eigenvalue weighted by atomic mass is 10.0. The van der Waals surface area contributed by atoms with E-state index in [-0.39, 0.29) is 5.91 Å². The minimum Gasteiger partial charge on any atom is -0.347 e. The van der Waals surface area contributed by atoms with Gasteiger partial charge in [0, 0.05) is 30.7 Å². The average molecular weight is 415 g/mol. The van der Waals surface area contributed by atoms with Crippen molar-refractivity contribution >= 4 is 29.1 Å². The highest BCUT2D eigenvalue weighted by atomic mass is 32.1. The molecule has 154 valence electrons. The third-order valence-electron chi connectivity index (χ3n) is 4.88. The highest BCUT2D eigenvalue weighted by Crippen LogP contribution is 2.24. The Hall–Kier alpha value is -2.74. The van der Waals surface area contributed by atoms with Crippen molar-refractivity contribution in [1.82, 2.24) is 20.1 Å². The monoisotopic (exact) mass is 414 g/mol. The minimum absolute atomic E-state index is 0.291. The Morgan fingerprint density at radius 2 is 1.97 bits per heavy atom. The maximum Gasteiger partial charge on any atom is 0.313 e. The molecule has 0 radical (unpaired) electrons. The summed E-state index contributed by atoms with van der Waals surface area (Å²) in [5.41, 5.74) is 1.59. The van der Waals surface area contributed by atoms with Gasteiger partial charge in [-0.25, -0.2) is 4.98 Å². The Morgan fingerprint density at radius 3 is 2.62 bits per heavy atom. The van der Waals surface area contributed by atoms with Crippen LogP contribution in [0.2, 0.25) is 0 Å². The fourth-order valence-electron chi connectivity index (χ4n) is 3.35. The lowest BCUT2D eigenvalue weighted by Crippen LogP contribution is -2.57. The molecule has 1 aliphatic rings. The molecule has 29 heavy (non-hydrogen) atoms. The van der Waals surface area contributed by atoms with E-state index in [9.17, 15) is 14.4 Å². The Balaban J connectivity index is 1.78. The molecule has 1 N–H and O–H groups in total. The quantitative estimate of drug-likeness (QED) is 0.672. The summed E-state index contributed by atoms with van der Waals surface area (Å²) in [6, 6.07) is 8.26. The molecule has 0 spiro atoms. The summed E-state index contributed by atoms with van der Waals surface area (Å²) < 4.78 is 0. The molecule has 0 bridgehead atoms. The van der Waals surface area contributed by atoms with E-state index in [1.807, 2.05) is 37.4 Å². The van der Waals surface area contributed by atoms with Crippen LogP contribution in [0, 0.1) is 6.92 Å². The van der Waals surface area contributed by atoms with Gasteiger partial charge < -0.3 is 15.1 Å². The first kappa shape index (κ1) is 21.0. The van der Waals surface area contributed by atoms with Gasteiger partial charge in [0.1, 0.15) is 11.0 Å². The first-order valence-corrected chi connectivity index (χ1v) is 10.7. The molecule has 1 unspecified atom stereocenters. The summed E-state index contributed by atoms with van der Waals surface area (Å²) in [6.45, 7) is 5.57. The average Bonchev–Trinajstić information content (AvgIpc) is 3.15. The van der Waals surface area contributed by atoms with Gasteiger partial charge in [0.25, 0.3) is 0 Å². The van der Waals surface area contributed by atoms with Crippen LogP contribution in [0.4, 0.5) is 0 Å². The van der Waals surface area contributed by atoms with Crippen LogP contribution >= 0.6 is 11.3 Å². The minimum atomic E-state index is -0.845. The van der Waals surface area contributed by atoms with Crippen LogP contribution in [-0.4, -0.2) is 52.1 Å². The molecule has 1 saturated heterocycles.